The Kier molecular flexibility index (Phi) is 4.83. The number of amides is 2. The molecule has 2 aromatic heterocycles. The summed E-state index contributed by atoms with van der Waals surface area (Å²) in [5.41, 5.74) is 2.49. The van der Waals surface area contributed by atoms with Crippen molar-refractivity contribution in [1.29, 1.82) is 0 Å². The van der Waals surface area contributed by atoms with E-state index in [1.54, 1.807) is 12.3 Å². The van der Waals surface area contributed by atoms with E-state index in [1.807, 2.05) is 30.9 Å². The topological polar surface area (TPSA) is 88.1 Å². The molecule has 1 saturated carbocycles. The van der Waals surface area contributed by atoms with Crippen LogP contribution in [0.1, 0.15) is 57.9 Å². The smallest absolute Gasteiger partial charge is 0.272 e. The standard InChI is InChI=1S/C21H25N5O2/c1-14-4-3-9-22-18(14)19(27)25-21(7-8-21)16-5-10-26(11-6-16)20(28)17-12-15(2)23-13-24-17/h3-4,9,12-13,16H,5-8,10-11H2,1-2H3,(H,25,27). The molecule has 0 atom stereocenters. The molecule has 3 heterocycles. The summed E-state index contributed by atoms with van der Waals surface area (Å²) in [4.78, 5) is 39.6. The van der Waals surface area contributed by atoms with Crippen molar-refractivity contribution in [3.05, 3.63) is 53.4 Å². The van der Waals surface area contributed by atoms with Gasteiger partial charge in [0, 0.05) is 30.5 Å². The number of aromatic nitrogens is 3. The average molecular weight is 379 g/mol. The Morgan fingerprint density at radius 3 is 2.54 bits per heavy atom. The molecule has 2 fully saturated rings. The molecule has 1 saturated heterocycles. The SMILES string of the molecule is Cc1cc(C(=O)N2CCC(C3(NC(=O)c4ncccc4C)CC3)CC2)ncn1. The van der Waals surface area contributed by atoms with Gasteiger partial charge in [0.15, 0.2) is 0 Å². The molecule has 0 bridgehead atoms. The molecule has 0 aromatic carbocycles. The third-order valence-corrected chi connectivity index (χ3v) is 5.96. The number of nitrogens with zero attached hydrogens (tertiary/aromatic N) is 4. The molecule has 2 amide bonds. The van der Waals surface area contributed by atoms with Gasteiger partial charge in [-0.05, 0) is 63.1 Å². The molecular formula is C21H25N5O2. The molecule has 0 unspecified atom stereocenters. The van der Waals surface area contributed by atoms with Crippen molar-refractivity contribution in [1.82, 2.24) is 25.2 Å². The van der Waals surface area contributed by atoms with Gasteiger partial charge in [0.1, 0.15) is 17.7 Å². The van der Waals surface area contributed by atoms with Crippen molar-refractivity contribution in [2.75, 3.05) is 13.1 Å². The summed E-state index contributed by atoms with van der Waals surface area (Å²) in [6.45, 7) is 5.13. The van der Waals surface area contributed by atoms with Crippen molar-refractivity contribution in [3.8, 4) is 0 Å². The molecule has 1 N–H and O–H groups in total. The lowest BCUT2D eigenvalue weighted by Gasteiger charge is -2.36. The van der Waals surface area contributed by atoms with E-state index < -0.39 is 0 Å². The molecule has 7 nitrogen and oxygen atoms in total. The Bertz CT molecular complexity index is 901. The second kappa shape index (κ2) is 7.30. The van der Waals surface area contributed by atoms with Gasteiger partial charge in [0.05, 0.1) is 0 Å². The summed E-state index contributed by atoms with van der Waals surface area (Å²) in [5, 5.41) is 3.25. The first-order chi connectivity index (χ1) is 13.5. The predicted octanol–water partition coefficient (Wildman–Crippen LogP) is 2.30. The molecule has 4 rings (SSSR count). The molecule has 28 heavy (non-hydrogen) atoms. The van der Waals surface area contributed by atoms with Gasteiger partial charge in [-0.2, -0.15) is 0 Å². The highest BCUT2D eigenvalue weighted by Gasteiger charge is 2.51. The lowest BCUT2D eigenvalue weighted by Crippen LogP contribution is -2.48. The van der Waals surface area contributed by atoms with Gasteiger partial charge in [-0.3, -0.25) is 14.6 Å². The first-order valence-electron chi connectivity index (χ1n) is 9.80. The lowest BCUT2D eigenvalue weighted by molar-refractivity contribution is 0.0642. The maximum atomic E-state index is 12.7. The molecule has 146 valence electrons. The number of aryl methyl sites for hydroxylation is 2. The number of carbonyl (C=O) groups is 2. The molecule has 2 aliphatic rings. The monoisotopic (exact) mass is 379 g/mol. The first kappa shape index (κ1) is 18.5. The predicted molar refractivity (Wildman–Crippen MR) is 104 cm³/mol. The Labute approximate surface area is 164 Å². The molecule has 0 radical (unpaired) electrons. The minimum absolute atomic E-state index is 0.0399. The van der Waals surface area contributed by atoms with Gasteiger partial charge in [0.2, 0.25) is 0 Å². The van der Waals surface area contributed by atoms with E-state index in [2.05, 4.69) is 20.3 Å². The van der Waals surface area contributed by atoms with E-state index in [4.69, 9.17) is 0 Å². The maximum absolute atomic E-state index is 12.7. The van der Waals surface area contributed by atoms with Crippen LogP contribution in [-0.2, 0) is 0 Å². The van der Waals surface area contributed by atoms with Gasteiger partial charge in [0.25, 0.3) is 11.8 Å². The number of piperidine rings is 1. The third kappa shape index (κ3) is 3.61. The summed E-state index contributed by atoms with van der Waals surface area (Å²) in [6, 6.07) is 5.47. The zero-order valence-electron chi connectivity index (χ0n) is 16.3. The number of nitrogens with one attached hydrogen (secondary N) is 1. The minimum Gasteiger partial charge on any atom is -0.345 e. The lowest BCUT2D eigenvalue weighted by atomic mass is 9.87. The van der Waals surface area contributed by atoms with Crippen LogP contribution >= 0.6 is 0 Å². The largest absolute Gasteiger partial charge is 0.345 e. The Balaban J connectivity index is 1.38. The van der Waals surface area contributed by atoms with E-state index in [-0.39, 0.29) is 17.4 Å². The Morgan fingerprint density at radius 2 is 1.89 bits per heavy atom. The van der Waals surface area contributed by atoms with Crippen molar-refractivity contribution in [2.24, 2.45) is 5.92 Å². The number of pyridine rings is 1. The summed E-state index contributed by atoms with van der Waals surface area (Å²) >= 11 is 0. The zero-order valence-corrected chi connectivity index (χ0v) is 16.3. The van der Waals surface area contributed by atoms with Crippen LogP contribution in [0.5, 0.6) is 0 Å². The van der Waals surface area contributed by atoms with E-state index in [0.717, 1.165) is 36.9 Å². The fourth-order valence-electron chi connectivity index (χ4n) is 4.15. The van der Waals surface area contributed by atoms with Crippen LogP contribution in [0.3, 0.4) is 0 Å². The molecule has 1 aliphatic heterocycles. The van der Waals surface area contributed by atoms with Crippen molar-refractivity contribution in [3.63, 3.8) is 0 Å². The quantitative estimate of drug-likeness (QED) is 0.881. The van der Waals surface area contributed by atoms with Gasteiger partial charge < -0.3 is 10.2 Å². The minimum atomic E-state index is -0.137. The molecule has 1 aliphatic carbocycles. The highest BCUT2D eigenvalue weighted by molar-refractivity contribution is 5.94. The third-order valence-electron chi connectivity index (χ3n) is 5.96. The summed E-state index contributed by atoms with van der Waals surface area (Å²) in [5.74, 6) is 0.254. The normalized spacial score (nSPS) is 18.6. The first-order valence-corrected chi connectivity index (χ1v) is 9.80. The average Bonchev–Trinajstić information content (AvgIpc) is 3.48. The number of carbonyl (C=O) groups excluding carboxylic acids is 2. The van der Waals surface area contributed by atoms with E-state index in [0.29, 0.717) is 30.4 Å². The van der Waals surface area contributed by atoms with Gasteiger partial charge >= 0.3 is 0 Å². The number of hydrogen-bond donors (Lipinski definition) is 1. The van der Waals surface area contributed by atoms with Gasteiger partial charge in [-0.25, -0.2) is 9.97 Å². The Morgan fingerprint density at radius 1 is 1.14 bits per heavy atom. The van der Waals surface area contributed by atoms with Crippen LogP contribution in [0.15, 0.2) is 30.7 Å². The molecule has 2 aromatic rings. The van der Waals surface area contributed by atoms with Crippen LogP contribution in [0.2, 0.25) is 0 Å². The molecular weight excluding hydrogens is 354 g/mol. The van der Waals surface area contributed by atoms with Crippen molar-refractivity contribution < 1.29 is 9.59 Å². The number of likely N-dealkylation sites (tertiary alicyclic amines) is 1. The van der Waals surface area contributed by atoms with E-state index in [9.17, 15) is 9.59 Å². The zero-order chi connectivity index (χ0) is 19.7. The van der Waals surface area contributed by atoms with Crippen LogP contribution in [0.25, 0.3) is 0 Å². The van der Waals surface area contributed by atoms with Crippen LogP contribution in [0, 0.1) is 19.8 Å². The summed E-state index contributed by atoms with van der Waals surface area (Å²) in [6.07, 6.45) is 6.85. The van der Waals surface area contributed by atoms with Crippen LogP contribution in [0.4, 0.5) is 0 Å². The Hall–Kier alpha value is -2.83. The van der Waals surface area contributed by atoms with Gasteiger partial charge in [-0.15, -0.1) is 0 Å². The van der Waals surface area contributed by atoms with Crippen LogP contribution in [-0.4, -0.2) is 50.3 Å². The summed E-state index contributed by atoms with van der Waals surface area (Å²) < 4.78 is 0. The van der Waals surface area contributed by atoms with Crippen molar-refractivity contribution >= 4 is 11.8 Å². The highest BCUT2D eigenvalue weighted by Crippen LogP contribution is 2.46. The highest BCUT2D eigenvalue weighted by atomic mass is 16.2. The van der Waals surface area contributed by atoms with E-state index >= 15 is 0 Å². The maximum Gasteiger partial charge on any atom is 0.272 e. The van der Waals surface area contributed by atoms with Crippen molar-refractivity contribution in [2.45, 2.75) is 45.1 Å². The van der Waals surface area contributed by atoms with E-state index in [1.165, 1.54) is 6.33 Å². The van der Waals surface area contributed by atoms with Gasteiger partial charge in [-0.1, -0.05) is 6.07 Å². The second-order valence-corrected chi connectivity index (χ2v) is 7.89. The number of rotatable bonds is 4. The summed E-state index contributed by atoms with van der Waals surface area (Å²) in [7, 11) is 0. The van der Waals surface area contributed by atoms with Crippen LogP contribution < -0.4 is 5.32 Å². The second-order valence-electron chi connectivity index (χ2n) is 7.89. The molecule has 0 spiro atoms. The fraction of sp³-hybridized carbons (Fsp3) is 0.476. The number of hydrogen-bond acceptors (Lipinski definition) is 5. The fourth-order valence-corrected chi connectivity index (χ4v) is 4.15. The molecule has 7 heteroatoms.